The number of aromatic nitrogens is 3. The Morgan fingerprint density at radius 2 is 1.74 bits per heavy atom. The Hall–Kier alpha value is -4.04. The zero-order valence-corrected chi connectivity index (χ0v) is 19.3. The van der Waals surface area contributed by atoms with Crippen LogP contribution in [0, 0.1) is 0 Å². The first kappa shape index (κ1) is 21.5. The molecule has 2 aromatic carbocycles. The van der Waals surface area contributed by atoms with Crippen LogP contribution in [0.4, 0.5) is 5.69 Å². The molecule has 0 spiro atoms. The molecule has 1 fully saturated rings. The second-order valence-corrected chi connectivity index (χ2v) is 9.36. The Bertz CT molecular complexity index is 1430. The highest BCUT2D eigenvalue weighted by molar-refractivity contribution is 6.08. The van der Waals surface area contributed by atoms with Crippen molar-refractivity contribution < 1.29 is 4.79 Å². The van der Waals surface area contributed by atoms with Crippen LogP contribution in [0.15, 0.2) is 65.9 Å². The quantitative estimate of drug-likeness (QED) is 0.315. The van der Waals surface area contributed by atoms with Crippen LogP contribution >= 0.6 is 0 Å². The van der Waals surface area contributed by atoms with Crippen molar-refractivity contribution in [3.05, 3.63) is 77.7 Å². The molecule has 4 heterocycles. The van der Waals surface area contributed by atoms with Crippen LogP contribution in [0.25, 0.3) is 22.0 Å². The molecule has 2 aromatic heterocycles. The van der Waals surface area contributed by atoms with E-state index in [-0.39, 0.29) is 17.8 Å². The molecule has 35 heavy (non-hydrogen) atoms. The number of carbonyl (C=O) groups is 1. The molecule has 8 heteroatoms. The second-order valence-electron chi connectivity index (χ2n) is 9.36. The number of hydrogen-bond donors (Lipinski definition) is 4. The summed E-state index contributed by atoms with van der Waals surface area (Å²) in [4.78, 5) is 22.0. The van der Waals surface area contributed by atoms with Crippen molar-refractivity contribution in [2.75, 3.05) is 0 Å². The molecule has 1 aliphatic carbocycles. The first-order chi connectivity index (χ1) is 17.1. The lowest BCUT2D eigenvalue weighted by Gasteiger charge is -2.30. The fourth-order valence-electron chi connectivity index (χ4n) is 5.01. The molecule has 8 nitrogen and oxygen atoms in total. The summed E-state index contributed by atoms with van der Waals surface area (Å²) in [5.74, 6) is 0.207. The monoisotopic (exact) mass is 465 g/mol. The third-order valence-electron chi connectivity index (χ3n) is 6.95. The number of hydrogen-bond acceptors (Lipinski definition) is 6. The zero-order valence-electron chi connectivity index (χ0n) is 19.3. The lowest BCUT2D eigenvalue weighted by atomic mass is 9.90. The number of nitrogens with one attached hydrogen (secondary N) is 3. The van der Waals surface area contributed by atoms with Crippen molar-refractivity contribution >= 4 is 28.3 Å². The van der Waals surface area contributed by atoms with Crippen LogP contribution in [0.5, 0.6) is 0 Å². The number of carbonyl (C=O) groups excluding carboxylic acids is 1. The molecule has 0 atom stereocenters. The molecule has 3 aliphatic rings. The fraction of sp³-hybridized carbons (Fsp3) is 0.259. The Morgan fingerprint density at radius 3 is 2.63 bits per heavy atom. The van der Waals surface area contributed by atoms with Gasteiger partial charge in [-0.1, -0.05) is 12.1 Å². The molecule has 5 N–H and O–H groups in total. The number of benzene rings is 2. The van der Waals surface area contributed by atoms with Gasteiger partial charge < -0.3 is 16.4 Å². The molecule has 176 valence electrons. The van der Waals surface area contributed by atoms with E-state index >= 15 is 0 Å². The van der Waals surface area contributed by atoms with Gasteiger partial charge in [-0.05, 0) is 73.2 Å². The number of nitrogens with zero attached hydrogens (tertiary/aromatic N) is 3. The van der Waals surface area contributed by atoms with Gasteiger partial charge in [-0.25, -0.2) is 4.99 Å². The average molecular weight is 466 g/mol. The van der Waals surface area contributed by atoms with Gasteiger partial charge in [-0.3, -0.25) is 14.9 Å². The molecular weight excluding hydrogens is 438 g/mol. The van der Waals surface area contributed by atoms with E-state index in [1.807, 2.05) is 36.7 Å². The van der Waals surface area contributed by atoms with Crippen LogP contribution in [-0.2, 0) is 6.54 Å². The molecule has 0 radical (unpaired) electrons. The molecule has 1 saturated carbocycles. The van der Waals surface area contributed by atoms with E-state index in [0.29, 0.717) is 23.0 Å². The lowest BCUT2D eigenvalue weighted by Crippen LogP contribution is -2.42. The Labute approximate surface area is 203 Å². The molecule has 2 aliphatic heterocycles. The van der Waals surface area contributed by atoms with E-state index in [1.54, 1.807) is 6.07 Å². The highest BCUT2D eigenvalue weighted by Crippen LogP contribution is 2.27. The summed E-state index contributed by atoms with van der Waals surface area (Å²) in [7, 11) is 0. The second kappa shape index (κ2) is 8.96. The maximum Gasteiger partial charge on any atom is 0.251 e. The Morgan fingerprint density at radius 1 is 0.886 bits per heavy atom. The summed E-state index contributed by atoms with van der Waals surface area (Å²) < 4.78 is 0. The van der Waals surface area contributed by atoms with Gasteiger partial charge in [0.2, 0.25) is 0 Å². The lowest BCUT2D eigenvalue weighted by molar-refractivity contribution is 0.0924. The predicted octanol–water partition coefficient (Wildman–Crippen LogP) is 3.81. The van der Waals surface area contributed by atoms with Crippen LogP contribution in [0.3, 0.4) is 0 Å². The minimum absolute atomic E-state index is 0.0795. The fourth-order valence-corrected chi connectivity index (χ4v) is 5.01. The third kappa shape index (κ3) is 4.40. The maximum atomic E-state index is 12.9. The van der Waals surface area contributed by atoms with Gasteiger partial charge in [0, 0.05) is 47.5 Å². The number of amidine groups is 1. The van der Waals surface area contributed by atoms with Crippen molar-refractivity contribution in [1.82, 2.24) is 25.8 Å². The summed E-state index contributed by atoms with van der Waals surface area (Å²) in [5.41, 5.74) is 12.3. The molecule has 8 bridgehead atoms. The van der Waals surface area contributed by atoms with Gasteiger partial charge in [-0.2, -0.15) is 5.10 Å². The van der Waals surface area contributed by atoms with E-state index in [1.165, 1.54) is 0 Å². The minimum Gasteiger partial charge on any atom is -0.382 e. The molecule has 0 saturated heterocycles. The summed E-state index contributed by atoms with van der Waals surface area (Å²) in [5, 5.41) is 15.2. The van der Waals surface area contributed by atoms with Crippen LogP contribution in [0.2, 0.25) is 0 Å². The number of pyridine rings is 1. The van der Waals surface area contributed by atoms with Crippen LogP contribution in [0.1, 0.15) is 47.3 Å². The standard InChI is InChI=1S/C27H27N7O/c28-26-25-23-12-17(4-9-24(23)33-34-25)19-10-16(13-29-15-19)14-30-20-5-7-21(8-6-20)32-27(35)18-2-1-3-22(11-18)31-26/h1-4,9-13,15,20-21,30H,5-8,14H2,(H2,28,31)(H,32,35)(H,33,34). The number of rotatable bonds is 0. The third-order valence-corrected chi connectivity index (χ3v) is 6.95. The van der Waals surface area contributed by atoms with Gasteiger partial charge in [0.15, 0.2) is 5.84 Å². The Kier molecular flexibility index (Phi) is 5.50. The Balaban J connectivity index is 1.44. The zero-order chi connectivity index (χ0) is 23.8. The number of H-pyrrole nitrogens is 1. The topological polar surface area (TPSA) is 121 Å². The molecule has 7 rings (SSSR count). The van der Waals surface area contributed by atoms with E-state index in [9.17, 15) is 4.79 Å². The highest BCUT2D eigenvalue weighted by atomic mass is 16.1. The number of aromatic amines is 1. The SMILES string of the molecule is NC1=Nc2cccc(c2)C(=O)NC2CCC(CC2)NCc2cncc(c2)-c2ccc3[nH]nc1c3c2. The van der Waals surface area contributed by atoms with E-state index in [0.717, 1.165) is 59.8 Å². The smallest absolute Gasteiger partial charge is 0.251 e. The number of nitrogens with two attached hydrogens (primary N) is 1. The summed E-state index contributed by atoms with van der Waals surface area (Å²) in [6.45, 7) is 0.758. The molecule has 1 amide bonds. The average Bonchev–Trinajstić information content (AvgIpc) is 3.32. The van der Waals surface area contributed by atoms with Gasteiger partial charge in [-0.15, -0.1) is 0 Å². The van der Waals surface area contributed by atoms with Crippen molar-refractivity contribution in [1.29, 1.82) is 0 Å². The highest BCUT2D eigenvalue weighted by Gasteiger charge is 2.23. The normalized spacial score (nSPS) is 20.5. The largest absolute Gasteiger partial charge is 0.382 e. The van der Waals surface area contributed by atoms with Gasteiger partial charge >= 0.3 is 0 Å². The number of fused-ring (bicyclic) bond motifs is 4. The van der Waals surface area contributed by atoms with Crippen LogP contribution in [-0.4, -0.2) is 39.0 Å². The summed E-state index contributed by atoms with van der Waals surface area (Å²) >= 11 is 0. The van der Waals surface area contributed by atoms with E-state index in [4.69, 9.17) is 5.73 Å². The van der Waals surface area contributed by atoms with Crippen molar-refractivity contribution in [3.8, 4) is 11.1 Å². The van der Waals surface area contributed by atoms with Gasteiger partial charge in [0.25, 0.3) is 5.91 Å². The van der Waals surface area contributed by atoms with Crippen molar-refractivity contribution in [2.24, 2.45) is 10.7 Å². The summed E-state index contributed by atoms with van der Waals surface area (Å²) in [6, 6.07) is 16.1. The minimum atomic E-state index is -0.0795. The molecule has 4 aromatic rings. The maximum absolute atomic E-state index is 12.9. The molecule has 0 unspecified atom stereocenters. The van der Waals surface area contributed by atoms with Crippen LogP contribution < -0.4 is 16.4 Å². The predicted molar refractivity (Wildman–Crippen MR) is 137 cm³/mol. The van der Waals surface area contributed by atoms with E-state index < -0.39 is 0 Å². The molecular formula is C27H27N7O. The van der Waals surface area contributed by atoms with E-state index in [2.05, 4.69) is 49.0 Å². The summed E-state index contributed by atoms with van der Waals surface area (Å²) in [6.07, 6.45) is 7.75. The first-order valence-corrected chi connectivity index (χ1v) is 12.0. The van der Waals surface area contributed by atoms with Gasteiger partial charge in [0.05, 0.1) is 11.2 Å². The first-order valence-electron chi connectivity index (χ1n) is 12.0. The van der Waals surface area contributed by atoms with Crippen molar-refractivity contribution in [2.45, 2.75) is 44.3 Å². The number of amides is 1. The number of aliphatic imine (C=N–C) groups is 1. The van der Waals surface area contributed by atoms with Gasteiger partial charge in [0.1, 0.15) is 5.69 Å². The van der Waals surface area contributed by atoms with Crippen molar-refractivity contribution in [3.63, 3.8) is 0 Å².